The Hall–Kier alpha value is -5.96. The highest BCUT2D eigenvalue weighted by molar-refractivity contribution is 7.16. The van der Waals surface area contributed by atoms with Crippen LogP contribution >= 0.6 is 11.3 Å². The maximum atomic E-state index is 16.4. The van der Waals surface area contributed by atoms with Crippen LogP contribution in [0, 0.1) is 25.7 Å². The third-order valence-corrected chi connectivity index (χ3v) is 12.1. The Kier molecular flexibility index (Phi) is 12.8. The number of thiophene rings is 1. The number of amides is 4. The van der Waals surface area contributed by atoms with Crippen molar-refractivity contribution in [2.45, 2.75) is 57.2 Å². The number of benzene rings is 1. The average molecular weight is 910 g/mol. The van der Waals surface area contributed by atoms with E-state index >= 15 is 26.3 Å². The fraction of sp³-hybridized carbons (Fsp3) is 0.429. The van der Waals surface area contributed by atoms with E-state index in [1.807, 2.05) is 0 Å². The Bertz CT molecular complexity index is 2350. The number of rotatable bonds is 16. The summed E-state index contributed by atoms with van der Waals surface area (Å²) in [6.07, 6.45) is -3.51. The van der Waals surface area contributed by atoms with Crippen LogP contribution in [0.1, 0.15) is 29.9 Å². The number of nitrogens with zero attached hydrogens (tertiary/aromatic N) is 1. The Balaban J connectivity index is 1.34. The number of hydrogen-bond acceptors (Lipinski definition) is 12. The van der Waals surface area contributed by atoms with Crippen molar-refractivity contribution in [1.82, 2.24) is 15.5 Å². The van der Waals surface area contributed by atoms with Gasteiger partial charge < -0.3 is 34.3 Å². The number of ether oxygens (including phenoxy) is 5. The first-order valence-electron chi connectivity index (χ1n) is 19.3. The number of likely N-dealkylation sites (tertiary alicyclic amines) is 1. The van der Waals surface area contributed by atoms with E-state index in [4.69, 9.17) is 23.7 Å². The van der Waals surface area contributed by atoms with E-state index in [0.29, 0.717) is 15.3 Å². The molecule has 63 heavy (non-hydrogen) atoms. The van der Waals surface area contributed by atoms with Gasteiger partial charge in [-0.1, -0.05) is 43.5 Å². The lowest BCUT2D eigenvalue weighted by atomic mass is 9.72. The summed E-state index contributed by atoms with van der Waals surface area (Å²) in [5.74, 6) is -24.1. The minimum absolute atomic E-state index is 0.00535. The molecule has 4 amide bonds. The van der Waals surface area contributed by atoms with Crippen molar-refractivity contribution in [3.63, 3.8) is 0 Å². The number of alkyl halides is 6. The molecule has 2 bridgehead atoms. The number of fused-ring (bicyclic) bond motifs is 5. The number of allylic oxidation sites excluding steroid dienone is 1. The SMILES string of the molecule is C=C(C)C(=O)OCCNC(=O)OCCN1C(=O)C2C3OC(COC(=O)NCCOC(=O)C(=C)C)(C=C3C3=C(c4c(C)sc(-c5ccccc5)c4C)C(F)(F)C(F)(F)C3(F)F)C2C1=O. The van der Waals surface area contributed by atoms with E-state index in [9.17, 15) is 28.8 Å². The second-order valence-corrected chi connectivity index (χ2v) is 16.4. The molecular formula is C42H41F6N3O11S. The van der Waals surface area contributed by atoms with E-state index in [-0.39, 0.29) is 47.9 Å². The molecule has 338 valence electrons. The van der Waals surface area contributed by atoms with E-state index in [1.165, 1.54) is 27.7 Å². The highest BCUT2D eigenvalue weighted by atomic mass is 32.1. The van der Waals surface area contributed by atoms with Crippen LogP contribution in [-0.4, -0.2) is 116 Å². The summed E-state index contributed by atoms with van der Waals surface area (Å²) < 4.78 is 123. The lowest BCUT2D eigenvalue weighted by Crippen LogP contribution is -2.49. The molecule has 4 unspecified atom stereocenters. The van der Waals surface area contributed by atoms with Gasteiger partial charge in [0.15, 0.2) is 0 Å². The number of aryl methyl sites for hydroxylation is 1. The summed E-state index contributed by atoms with van der Waals surface area (Å²) >= 11 is 0.924. The molecule has 0 radical (unpaired) electrons. The number of halogens is 6. The number of imide groups is 1. The van der Waals surface area contributed by atoms with Gasteiger partial charge >= 0.3 is 41.9 Å². The van der Waals surface area contributed by atoms with E-state index in [1.54, 1.807) is 30.3 Å². The molecule has 0 spiro atoms. The van der Waals surface area contributed by atoms with Crippen LogP contribution in [0.5, 0.6) is 0 Å². The monoisotopic (exact) mass is 909 g/mol. The van der Waals surface area contributed by atoms with Crippen molar-refractivity contribution in [3.8, 4) is 10.4 Å². The molecule has 2 fully saturated rings. The summed E-state index contributed by atoms with van der Waals surface area (Å²) in [5.41, 5.74) is -6.62. The molecule has 14 nitrogen and oxygen atoms in total. The molecule has 4 heterocycles. The molecule has 6 rings (SSSR count). The van der Waals surface area contributed by atoms with E-state index < -0.39 is 119 Å². The molecule has 2 N–H and O–H groups in total. The van der Waals surface area contributed by atoms with E-state index in [0.717, 1.165) is 17.4 Å². The quantitative estimate of drug-likeness (QED) is 0.0499. The maximum absolute atomic E-state index is 16.4. The minimum Gasteiger partial charge on any atom is -0.460 e. The highest BCUT2D eigenvalue weighted by Crippen LogP contribution is 2.68. The van der Waals surface area contributed by atoms with Crippen molar-refractivity contribution >= 4 is 52.8 Å². The summed E-state index contributed by atoms with van der Waals surface area (Å²) in [4.78, 5) is 77.4. The maximum Gasteiger partial charge on any atom is 0.407 e. The van der Waals surface area contributed by atoms with Gasteiger partial charge in [-0.15, -0.1) is 11.3 Å². The second-order valence-electron chi connectivity index (χ2n) is 15.1. The first kappa shape index (κ1) is 46.5. The smallest absolute Gasteiger partial charge is 0.407 e. The third kappa shape index (κ3) is 8.11. The van der Waals surface area contributed by atoms with Crippen LogP contribution in [0.4, 0.5) is 35.9 Å². The van der Waals surface area contributed by atoms with Crippen LogP contribution in [0.15, 0.2) is 71.9 Å². The van der Waals surface area contributed by atoms with Crippen LogP contribution in [0.25, 0.3) is 16.0 Å². The number of hydrogen-bond donors (Lipinski definition) is 2. The molecule has 1 aliphatic carbocycles. The van der Waals surface area contributed by atoms with Gasteiger partial charge in [0.25, 0.3) is 0 Å². The van der Waals surface area contributed by atoms with Gasteiger partial charge in [-0.05, 0) is 50.5 Å². The van der Waals surface area contributed by atoms with Crippen molar-refractivity contribution in [1.29, 1.82) is 0 Å². The molecule has 3 aliphatic heterocycles. The summed E-state index contributed by atoms with van der Waals surface area (Å²) in [7, 11) is 0. The van der Waals surface area contributed by atoms with Crippen molar-refractivity contribution < 1.29 is 78.8 Å². The normalized spacial score (nSPS) is 23.6. The molecule has 2 saturated heterocycles. The van der Waals surface area contributed by atoms with Gasteiger partial charge in [0.1, 0.15) is 32.0 Å². The zero-order valence-electron chi connectivity index (χ0n) is 34.2. The number of esters is 2. The van der Waals surface area contributed by atoms with Crippen molar-refractivity contribution in [3.05, 3.63) is 87.9 Å². The molecule has 1 aromatic heterocycles. The van der Waals surface area contributed by atoms with Gasteiger partial charge in [0.2, 0.25) is 11.8 Å². The number of alkyl carbamates (subject to hydrolysis) is 2. The van der Waals surface area contributed by atoms with Crippen LogP contribution < -0.4 is 10.6 Å². The molecule has 21 heteroatoms. The average Bonchev–Trinajstić information content (AvgIpc) is 3.94. The summed E-state index contributed by atoms with van der Waals surface area (Å²) in [6, 6.07) is 8.23. The zero-order valence-corrected chi connectivity index (χ0v) is 35.0. The van der Waals surface area contributed by atoms with Crippen LogP contribution in [0.2, 0.25) is 0 Å². The lowest BCUT2D eigenvalue weighted by molar-refractivity contribution is -0.259. The second kappa shape index (κ2) is 17.3. The predicted molar refractivity (Wildman–Crippen MR) is 211 cm³/mol. The molecular weight excluding hydrogens is 869 g/mol. The molecule has 2 aromatic rings. The Labute approximate surface area is 359 Å². The topological polar surface area (TPSA) is 176 Å². The summed E-state index contributed by atoms with van der Waals surface area (Å²) in [5, 5.41) is 4.53. The van der Waals surface area contributed by atoms with Gasteiger partial charge in [0.05, 0.1) is 37.6 Å². The fourth-order valence-corrected chi connectivity index (χ4v) is 9.12. The van der Waals surface area contributed by atoms with E-state index in [2.05, 4.69) is 23.8 Å². The first-order valence-corrected chi connectivity index (χ1v) is 20.1. The van der Waals surface area contributed by atoms with Gasteiger partial charge in [-0.2, -0.15) is 26.3 Å². The highest BCUT2D eigenvalue weighted by Gasteiger charge is 2.82. The van der Waals surface area contributed by atoms with Crippen LogP contribution in [-0.2, 0) is 42.9 Å². The van der Waals surface area contributed by atoms with Gasteiger partial charge in [-0.3, -0.25) is 14.5 Å². The number of carbonyl (C=O) groups is 6. The Morgan fingerprint density at radius 1 is 0.794 bits per heavy atom. The van der Waals surface area contributed by atoms with Crippen molar-refractivity contribution in [2.75, 3.05) is 46.1 Å². The molecule has 0 saturated carbocycles. The predicted octanol–water partition coefficient (Wildman–Crippen LogP) is 6.07. The molecule has 4 atom stereocenters. The number of nitrogens with one attached hydrogen (secondary N) is 2. The number of carbonyl (C=O) groups excluding carboxylic acids is 6. The Morgan fingerprint density at radius 2 is 1.35 bits per heavy atom. The fourth-order valence-electron chi connectivity index (χ4n) is 7.95. The first-order chi connectivity index (χ1) is 29.5. The summed E-state index contributed by atoms with van der Waals surface area (Å²) in [6.45, 7) is 8.98. The molecule has 1 aromatic carbocycles. The Morgan fingerprint density at radius 3 is 1.92 bits per heavy atom. The standard InChI is InChI=1S/C42H41F6N3O11S/c1-20(2)35(54)58-15-12-49-37(56)60-17-14-51-33(52)27-30(34(51)53)39(19-61-38(57)50-13-16-59-36(55)21(3)4)18-25(31(27)62-39)28-29(41(45,46)42(47,48)40(28,43)44)26-22(5)32(63-23(26)6)24-10-8-7-9-11-24/h7-11,18,27,30-31H,1,3,12-17,19H2,2,4-6H3,(H,49,56)(H,50,57). The third-order valence-electron chi connectivity index (χ3n) is 10.8. The molecule has 4 aliphatic rings. The van der Waals surface area contributed by atoms with Gasteiger partial charge in [-0.25, -0.2) is 19.2 Å². The largest absolute Gasteiger partial charge is 0.460 e. The minimum atomic E-state index is -6.00. The van der Waals surface area contributed by atoms with Gasteiger partial charge in [0, 0.05) is 37.6 Å². The zero-order chi connectivity index (χ0) is 46.4. The van der Waals surface area contributed by atoms with Crippen molar-refractivity contribution in [2.24, 2.45) is 11.8 Å². The van der Waals surface area contributed by atoms with Crippen LogP contribution in [0.3, 0.4) is 0 Å². The lowest BCUT2D eigenvalue weighted by Gasteiger charge is -2.29.